The Labute approximate surface area is 167 Å². The van der Waals surface area contributed by atoms with E-state index in [1.807, 2.05) is 17.0 Å². The number of hydrogen-bond donors (Lipinski definition) is 1. The Morgan fingerprint density at radius 2 is 1.86 bits per heavy atom. The third kappa shape index (κ3) is 4.00. The molecule has 0 aliphatic carbocycles. The maximum atomic E-state index is 11.2. The number of benzene rings is 2. The van der Waals surface area contributed by atoms with Crippen molar-refractivity contribution in [1.82, 2.24) is 9.80 Å². The van der Waals surface area contributed by atoms with Gasteiger partial charge in [0, 0.05) is 38.8 Å². The number of rotatable bonds is 4. The molecule has 1 N–H and O–H groups in total. The van der Waals surface area contributed by atoms with Crippen molar-refractivity contribution in [2.75, 3.05) is 38.3 Å². The molecule has 0 atom stereocenters. The third-order valence-corrected chi connectivity index (χ3v) is 5.21. The Balaban J connectivity index is 1.31. The maximum absolute atomic E-state index is 11.2. The van der Waals surface area contributed by atoms with Crippen LogP contribution in [0.15, 0.2) is 42.5 Å². The van der Waals surface area contributed by atoms with Crippen LogP contribution in [-0.4, -0.2) is 52.8 Å². The highest BCUT2D eigenvalue weighted by Gasteiger charge is 2.22. The molecule has 2 aliphatic rings. The monoisotopic (exact) mass is 400 g/mol. The number of nitro benzene ring substituents is 1. The van der Waals surface area contributed by atoms with Crippen LogP contribution in [0.3, 0.4) is 0 Å². The molecule has 2 aliphatic heterocycles. The molecule has 0 unspecified atom stereocenters. The zero-order chi connectivity index (χ0) is 19.5. The van der Waals surface area contributed by atoms with Crippen LogP contribution in [0.5, 0.6) is 11.5 Å². The molecule has 0 amide bonds. The number of thiocarbonyl (C=S) groups is 1. The van der Waals surface area contributed by atoms with Gasteiger partial charge in [-0.25, -0.2) is 0 Å². The fourth-order valence-corrected chi connectivity index (χ4v) is 3.63. The van der Waals surface area contributed by atoms with E-state index in [9.17, 15) is 10.1 Å². The Morgan fingerprint density at radius 1 is 1.11 bits per heavy atom. The number of ether oxygens (including phenoxy) is 2. The molecule has 0 spiro atoms. The molecule has 4 rings (SSSR count). The molecule has 2 aromatic carbocycles. The van der Waals surface area contributed by atoms with E-state index in [1.54, 1.807) is 18.2 Å². The first kappa shape index (κ1) is 18.5. The standard InChI is InChI=1S/C19H20N4O4S/c24-23(25)16-4-2-1-3-15(16)20-19(28)22-9-7-21(8-10-22)12-14-5-6-17-18(11-14)27-13-26-17/h1-6,11H,7-10,12-13H2,(H,20,28). The molecule has 9 heteroatoms. The van der Waals surface area contributed by atoms with Gasteiger partial charge in [0.1, 0.15) is 5.69 Å². The van der Waals surface area contributed by atoms with E-state index in [1.165, 1.54) is 11.6 Å². The first-order chi connectivity index (χ1) is 13.6. The minimum absolute atomic E-state index is 0.0197. The number of fused-ring (bicyclic) bond motifs is 1. The highest BCUT2D eigenvalue weighted by molar-refractivity contribution is 7.80. The van der Waals surface area contributed by atoms with E-state index >= 15 is 0 Å². The number of nitrogens with one attached hydrogen (secondary N) is 1. The lowest BCUT2D eigenvalue weighted by Gasteiger charge is -2.36. The van der Waals surface area contributed by atoms with E-state index in [2.05, 4.69) is 16.3 Å². The largest absolute Gasteiger partial charge is 0.454 e. The normalized spacial score (nSPS) is 16.1. The van der Waals surface area contributed by atoms with Gasteiger partial charge in [-0.15, -0.1) is 0 Å². The van der Waals surface area contributed by atoms with Gasteiger partial charge in [0.05, 0.1) is 4.92 Å². The number of nitrogens with zero attached hydrogens (tertiary/aromatic N) is 3. The molecule has 0 aromatic heterocycles. The summed E-state index contributed by atoms with van der Waals surface area (Å²) in [5.41, 5.74) is 1.62. The van der Waals surface area contributed by atoms with Crippen LogP contribution in [0.4, 0.5) is 11.4 Å². The highest BCUT2D eigenvalue weighted by atomic mass is 32.1. The predicted molar refractivity (Wildman–Crippen MR) is 109 cm³/mol. The van der Waals surface area contributed by atoms with E-state index in [0.29, 0.717) is 10.8 Å². The quantitative estimate of drug-likeness (QED) is 0.477. The van der Waals surface area contributed by atoms with Crippen LogP contribution in [0, 0.1) is 10.1 Å². The van der Waals surface area contributed by atoms with Crippen LogP contribution in [0.25, 0.3) is 0 Å². The first-order valence-corrected chi connectivity index (χ1v) is 9.41. The summed E-state index contributed by atoms with van der Waals surface area (Å²) in [4.78, 5) is 15.1. The van der Waals surface area contributed by atoms with Crippen LogP contribution in [0.2, 0.25) is 0 Å². The zero-order valence-corrected chi connectivity index (χ0v) is 16.0. The molecular weight excluding hydrogens is 380 g/mol. The molecule has 28 heavy (non-hydrogen) atoms. The van der Waals surface area contributed by atoms with Gasteiger partial charge in [0.25, 0.3) is 5.69 Å². The van der Waals surface area contributed by atoms with Crippen molar-refractivity contribution >= 4 is 28.7 Å². The highest BCUT2D eigenvalue weighted by Crippen LogP contribution is 2.33. The van der Waals surface area contributed by atoms with E-state index in [4.69, 9.17) is 21.7 Å². The molecule has 0 bridgehead atoms. The second kappa shape index (κ2) is 7.99. The Hall–Kier alpha value is -2.91. The molecule has 2 aromatic rings. The SMILES string of the molecule is O=[N+]([O-])c1ccccc1NC(=S)N1CCN(Cc2ccc3c(c2)OCO3)CC1. The number of para-hydroxylation sites is 2. The average Bonchev–Trinajstić information content (AvgIpc) is 3.16. The van der Waals surface area contributed by atoms with Crippen LogP contribution >= 0.6 is 12.2 Å². The molecule has 8 nitrogen and oxygen atoms in total. The molecule has 0 radical (unpaired) electrons. The Kier molecular flexibility index (Phi) is 5.27. The Bertz CT molecular complexity index is 899. The smallest absolute Gasteiger partial charge is 0.292 e. The lowest BCUT2D eigenvalue weighted by Crippen LogP contribution is -2.49. The van der Waals surface area contributed by atoms with Crippen molar-refractivity contribution in [2.45, 2.75) is 6.54 Å². The summed E-state index contributed by atoms with van der Waals surface area (Å²) in [7, 11) is 0. The van der Waals surface area contributed by atoms with Crippen molar-refractivity contribution in [3.8, 4) is 11.5 Å². The summed E-state index contributed by atoms with van der Waals surface area (Å²) in [6, 6.07) is 12.5. The second-order valence-electron chi connectivity index (χ2n) is 6.66. The zero-order valence-electron chi connectivity index (χ0n) is 15.2. The van der Waals surface area contributed by atoms with E-state index < -0.39 is 4.92 Å². The van der Waals surface area contributed by atoms with Gasteiger partial charge < -0.3 is 19.7 Å². The summed E-state index contributed by atoms with van der Waals surface area (Å²) in [6.07, 6.45) is 0. The maximum Gasteiger partial charge on any atom is 0.292 e. The number of piperazine rings is 1. The van der Waals surface area contributed by atoms with Crippen molar-refractivity contribution < 1.29 is 14.4 Å². The van der Waals surface area contributed by atoms with Crippen molar-refractivity contribution in [1.29, 1.82) is 0 Å². The number of nitro groups is 1. The number of hydrogen-bond acceptors (Lipinski definition) is 6. The van der Waals surface area contributed by atoms with Gasteiger partial charge >= 0.3 is 0 Å². The third-order valence-electron chi connectivity index (χ3n) is 4.85. The fourth-order valence-electron chi connectivity index (χ4n) is 3.34. The molecule has 1 fully saturated rings. The van der Waals surface area contributed by atoms with Gasteiger partial charge in [-0.2, -0.15) is 0 Å². The lowest BCUT2D eigenvalue weighted by molar-refractivity contribution is -0.383. The molecule has 2 heterocycles. The van der Waals surface area contributed by atoms with Gasteiger partial charge in [0.2, 0.25) is 6.79 Å². The van der Waals surface area contributed by atoms with Gasteiger partial charge in [-0.05, 0) is 36.0 Å². The minimum atomic E-state index is -0.408. The van der Waals surface area contributed by atoms with Crippen molar-refractivity contribution in [3.05, 3.63) is 58.1 Å². The predicted octanol–water partition coefficient (Wildman–Crippen LogP) is 2.84. The lowest BCUT2D eigenvalue weighted by atomic mass is 10.1. The first-order valence-electron chi connectivity index (χ1n) is 9.00. The molecule has 0 saturated carbocycles. The van der Waals surface area contributed by atoms with Crippen molar-refractivity contribution in [3.63, 3.8) is 0 Å². The topological polar surface area (TPSA) is 80.1 Å². The number of anilines is 1. The van der Waals surface area contributed by atoms with E-state index in [0.717, 1.165) is 44.2 Å². The molecule has 1 saturated heterocycles. The average molecular weight is 400 g/mol. The summed E-state index contributed by atoms with van der Waals surface area (Å²) < 4.78 is 10.8. The second-order valence-corrected chi connectivity index (χ2v) is 7.04. The summed E-state index contributed by atoms with van der Waals surface area (Å²) >= 11 is 5.47. The van der Waals surface area contributed by atoms with Gasteiger partial charge in [-0.1, -0.05) is 18.2 Å². The van der Waals surface area contributed by atoms with Crippen LogP contribution in [-0.2, 0) is 6.54 Å². The fraction of sp³-hybridized carbons (Fsp3) is 0.316. The minimum Gasteiger partial charge on any atom is -0.454 e. The van der Waals surface area contributed by atoms with Crippen molar-refractivity contribution in [2.24, 2.45) is 0 Å². The Morgan fingerprint density at radius 3 is 2.64 bits per heavy atom. The summed E-state index contributed by atoms with van der Waals surface area (Å²) in [5.74, 6) is 1.59. The van der Waals surface area contributed by atoms with Crippen LogP contribution < -0.4 is 14.8 Å². The summed E-state index contributed by atoms with van der Waals surface area (Å²) in [5, 5.41) is 14.7. The summed E-state index contributed by atoms with van der Waals surface area (Å²) in [6.45, 7) is 4.34. The van der Waals surface area contributed by atoms with Gasteiger partial charge in [0.15, 0.2) is 16.6 Å². The van der Waals surface area contributed by atoms with Crippen LogP contribution in [0.1, 0.15) is 5.56 Å². The molecular formula is C19H20N4O4S. The van der Waals surface area contributed by atoms with Gasteiger partial charge in [-0.3, -0.25) is 15.0 Å². The van der Waals surface area contributed by atoms with E-state index in [-0.39, 0.29) is 12.5 Å². The molecule has 146 valence electrons.